The number of furan rings is 1. The molecule has 2 saturated heterocycles. The van der Waals surface area contributed by atoms with Crippen LogP contribution in [0.3, 0.4) is 0 Å². The molecule has 2 aromatic carbocycles. The third kappa shape index (κ3) is 6.48. The largest absolute Gasteiger partial charge is 0.481 e. The number of aliphatic carboxylic acids is 1. The fourth-order valence-electron chi connectivity index (χ4n) is 6.82. The summed E-state index contributed by atoms with van der Waals surface area (Å²) >= 11 is 6.47. The number of carboxylic acids is 1. The van der Waals surface area contributed by atoms with Crippen LogP contribution >= 0.6 is 11.6 Å². The van der Waals surface area contributed by atoms with Gasteiger partial charge in [0, 0.05) is 31.1 Å². The van der Waals surface area contributed by atoms with Gasteiger partial charge >= 0.3 is 5.97 Å². The number of carbonyl (C=O) groups excluding carboxylic acids is 2. The molecule has 1 aliphatic carbocycles. The van der Waals surface area contributed by atoms with Gasteiger partial charge in [-0.2, -0.15) is 0 Å². The number of ether oxygens (including phenoxy) is 1. The summed E-state index contributed by atoms with van der Waals surface area (Å²) in [5, 5.41) is 12.7. The Morgan fingerprint density at radius 1 is 1.11 bits per heavy atom. The molecule has 44 heavy (non-hydrogen) atoms. The lowest BCUT2D eigenvalue weighted by Gasteiger charge is -2.41. The zero-order valence-electron chi connectivity index (χ0n) is 24.6. The average Bonchev–Trinajstić information content (AvgIpc) is 3.62. The van der Waals surface area contributed by atoms with Crippen LogP contribution < -0.4 is 5.32 Å². The van der Waals surface area contributed by atoms with Gasteiger partial charge in [0.1, 0.15) is 17.7 Å². The number of amides is 2. The molecular formula is C33H37ClFN3O6. The van der Waals surface area contributed by atoms with Crippen LogP contribution in [0.4, 0.5) is 10.1 Å². The zero-order chi connectivity index (χ0) is 31.0. The summed E-state index contributed by atoms with van der Waals surface area (Å²) in [7, 11) is 0. The van der Waals surface area contributed by atoms with Crippen molar-refractivity contribution in [1.82, 2.24) is 9.80 Å². The van der Waals surface area contributed by atoms with E-state index in [2.05, 4.69) is 17.1 Å². The fraction of sp³-hybridized carbons (Fsp3) is 0.485. The second-order valence-electron chi connectivity index (χ2n) is 12.5. The predicted molar refractivity (Wildman–Crippen MR) is 163 cm³/mol. The number of fused-ring (bicyclic) bond motifs is 1. The van der Waals surface area contributed by atoms with Gasteiger partial charge in [-0.25, -0.2) is 4.39 Å². The molecule has 1 unspecified atom stereocenters. The summed E-state index contributed by atoms with van der Waals surface area (Å²) in [5.74, 6) is -1.77. The van der Waals surface area contributed by atoms with E-state index in [-0.39, 0.29) is 52.7 Å². The smallest absolute Gasteiger partial charge is 0.306 e. The number of rotatable bonds is 9. The molecule has 1 aromatic heterocycles. The van der Waals surface area contributed by atoms with E-state index in [0.717, 1.165) is 25.6 Å². The molecule has 1 saturated carbocycles. The Labute approximate surface area is 260 Å². The zero-order valence-corrected chi connectivity index (χ0v) is 25.4. The molecule has 2 amide bonds. The van der Waals surface area contributed by atoms with Gasteiger partial charge in [-0.05, 0) is 61.8 Å². The summed E-state index contributed by atoms with van der Waals surface area (Å²) in [6.07, 6.45) is 4.50. The Kier molecular flexibility index (Phi) is 8.94. The SMILES string of the molecule is CC1CN([C@H]2CC(CO[C@H]3CC[C@H](C(=O)O)CC3)N(C(=O)Cc3cc(Cl)c(NC(=O)c4coc5ccccc45)cc3F)C2)C1. The molecule has 11 heteroatoms. The second-order valence-corrected chi connectivity index (χ2v) is 12.9. The molecule has 2 atom stereocenters. The first-order valence-corrected chi connectivity index (χ1v) is 15.7. The van der Waals surface area contributed by atoms with Crippen LogP contribution in [0.15, 0.2) is 47.1 Å². The molecule has 3 aromatic rings. The van der Waals surface area contributed by atoms with Crippen LogP contribution in [0, 0.1) is 17.7 Å². The van der Waals surface area contributed by atoms with Gasteiger partial charge in [0.15, 0.2) is 0 Å². The molecule has 3 aliphatic rings. The predicted octanol–water partition coefficient (Wildman–Crippen LogP) is 5.60. The van der Waals surface area contributed by atoms with Crippen LogP contribution in [-0.4, -0.2) is 77.1 Å². The van der Waals surface area contributed by atoms with Crippen LogP contribution in [0.25, 0.3) is 11.0 Å². The maximum Gasteiger partial charge on any atom is 0.306 e. The van der Waals surface area contributed by atoms with E-state index in [0.29, 0.717) is 61.3 Å². The molecule has 0 radical (unpaired) electrons. The highest BCUT2D eigenvalue weighted by Gasteiger charge is 2.41. The lowest BCUT2D eigenvalue weighted by Crippen LogP contribution is -2.52. The summed E-state index contributed by atoms with van der Waals surface area (Å²) in [6, 6.07) is 9.72. The molecule has 6 rings (SSSR count). The van der Waals surface area contributed by atoms with E-state index >= 15 is 4.39 Å². The number of hydrogen-bond donors (Lipinski definition) is 2. The van der Waals surface area contributed by atoms with Crippen molar-refractivity contribution < 1.29 is 33.0 Å². The number of likely N-dealkylation sites (tertiary alicyclic amines) is 2. The molecule has 0 bridgehead atoms. The number of carbonyl (C=O) groups is 3. The van der Waals surface area contributed by atoms with Crippen molar-refractivity contribution >= 4 is 46.0 Å². The average molecular weight is 626 g/mol. The maximum atomic E-state index is 15.3. The number of para-hydroxylation sites is 1. The van der Waals surface area contributed by atoms with Gasteiger partial charge in [-0.3, -0.25) is 19.3 Å². The molecule has 2 aliphatic heterocycles. The van der Waals surface area contributed by atoms with Gasteiger partial charge in [0.05, 0.1) is 47.4 Å². The summed E-state index contributed by atoms with van der Waals surface area (Å²) in [6.45, 7) is 5.11. The summed E-state index contributed by atoms with van der Waals surface area (Å²) < 4.78 is 27.0. The van der Waals surface area contributed by atoms with E-state index < -0.39 is 17.7 Å². The van der Waals surface area contributed by atoms with Crippen molar-refractivity contribution in [2.45, 2.75) is 63.6 Å². The van der Waals surface area contributed by atoms with Crippen molar-refractivity contribution in [3.8, 4) is 0 Å². The van der Waals surface area contributed by atoms with E-state index in [1.165, 1.54) is 12.3 Å². The highest BCUT2D eigenvalue weighted by atomic mass is 35.5. The van der Waals surface area contributed by atoms with Gasteiger partial charge < -0.3 is 24.5 Å². The van der Waals surface area contributed by atoms with Gasteiger partial charge in [-0.15, -0.1) is 0 Å². The summed E-state index contributed by atoms with van der Waals surface area (Å²) in [4.78, 5) is 42.1. The van der Waals surface area contributed by atoms with Gasteiger partial charge in [0.25, 0.3) is 5.91 Å². The number of anilines is 1. The number of hydrogen-bond acceptors (Lipinski definition) is 6. The van der Waals surface area contributed by atoms with Gasteiger partial charge in [0.2, 0.25) is 5.91 Å². The number of nitrogens with zero attached hydrogens (tertiary/aromatic N) is 2. The quantitative estimate of drug-likeness (QED) is 0.318. The van der Waals surface area contributed by atoms with Crippen molar-refractivity contribution in [3.05, 3.63) is 64.6 Å². The number of nitrogens with one attached hydrogen (secondary N) is 1. The normalized spacial score (nSPS) is 24.4. The first kappa shape index (κ1) is 30.6. The van der Waals surface area contributed by atoms with Crippen LogP contribution in [0.2, 0.25) is 5.02 Å². The molecule has 0 spiro atoms. The van der Waals surface area contributed by atoms with Crippen LogP contribution in [-0.2, 0) is 20.7 Å². The van der Waals surface area contributed by atoms with Crippen molar-refractivity contribution in [3.63, 3.8) is 0 Å². The highest BCUT2D eigenvalue weighted by Crippen LogP contribution is 2.32. The minimum atomic E-state index is -0.753. The first-order valence-electron chi connectivity index (χ1n) is 15.3. The Hall–Kier alpha value is -3.47. The standard InChI is InChI=1S/C33H37ClFN3O6/c1-19-14-37(15-19)22-12-23(17-43-24-8-6-20(7-9-24)33(41)42)38(16-22)31(39)11-21-10-27(34)29(13-28(21)35)36-32(40)26-18-44-30-5-3-2-4-25(26)30/h2-5,10,13,18-20,22-24H,6-9,11-12,14-17H2,1H3,(H,36,40)(H,41,42)/t20-,22-,23?,24-/m0/s1. The Balaban J connectivity index is 1.11. The molecule has 3 heterocycles. The molecule has 234 valence electrons. The van der Waals surface area contributed by atoms with Crippen molar-refractivity contribution in [2.75, 3.05) is 31.6 Å². The lowest BCUT2D eigenvalue weighted by molar-refractivity contribution is -0.144. The third-order valence-corrected chi connectivity index (χ3v) is 9.63. The second kappa shape index (κ2) is 12.9. The Morgan fingerprint density at radius 2 is 1.86 bits per heavy atom. The number of benzene rings is 2. The minimum Gasteiger partial charge on any atom is -0.481 e. The summed E-state index contributed by atoms with van der Waals surface area (Å²) in [5.41, 5.74) is 1.12. The monoisotopic (exact) mass is 625 g/mol. The first-order chi connectivity index (χ1) is 21.2. The molecular weight excluding hydrogens is 589 g/mol. The number of halogens is 2. The third-order valence-electron chi connectivity index (χ3n) is 9.32. The Bertz CT molecular complexity index is 1550. The molecule has 9 nitrogen and oxygen atoms in total. The Morgan fingerprint density at radius 3 is 2.59 bits per heavy atom. The van der Waals surface area contributed by atoms with Gasteiger partial charge in [-0.1, -0.05) is 36.7 Å². The van der Waals surface area contributed by atoms with Crippen molar-refractivity contribution in [2.24, 2.45) is 11.8 Å². The lowest BCUT2D eigenvalue weighted by atomic mass is 9.87. The van der Waals surface area contributed by atoms with Crippen molar-refractivity contribution in [1.29, 1.82) is 0 Å². The topological polar surface area (TPSA) is 112 Å². The van der Waals surface area contributed by atoms with E-state index in [1.807, 2.05) is 4.90 Å². The maximum absolute atomic E-state index is 15.3. The van der Waals surface area contributed by atoms with E-state index in [1.54, 1.807) is 24.3 Å². The van der Waals surface area contributed by atoms with Crippen LogP contribution in [0.5, 0.6) is 0 Å². The van der Waals surface area contributed by atoms with E-state index in [4.69, 9.17) is 20.8 Å². The van der Waals surface area contributed by atoms with E-state index in [9.17, 15) is 19.5 Å². The number of carboxylic acid groups (broad SMARTS) is 1. The molecule has 2 N–H and O–H groups in total. The minimum absolute atomic E-state index is 0.0234. The van der Waals surface area contributed by atoms with Crippen LogP contribution in [0.1, 0.15) is 54.9 Å². The molecule has 3 fully saturated rings. The fourth-order valence-corrected chi connectivity index (χ4v) is 7.05. The highest BCUT2D eigenvalue weighted by molar-refractivity contribution is 6.34.